The molecule has 0 spiro atoms. The van der Waals surface area contributed by atoms with E-state index in [1.165, 1.54) is 6.92 Å². The van der Waals surface area contributed by atoms with E-state index in [1.54, 1.807) is 27.7 Å². The average molecular weight is 258 g/mol. The molecular weight excluding hydrogens is 236 g/mol. The molecule has 104 valence electrons. The van der Waals surface area contributed by atoms with Gasteiger partial charge in [-0.05, 0) is 41.0 Å². The van der Waals surface area contributed by atoms with Gasteiger partial charge in [-0.2, -0.15) is 0 Å². The standard InChI is InChI=1S/C13H22O5/c1-6-17-11(15)8-7-10(9(2)14)12(16)18-13(3,4)5/h10H,6-8H2,1-5H3. The molecule has 0 amide bonds. The van der Waals surface area contributed by atoms with Crippen molar-refractivity contribution in [1.29, 1.82) is 0 Å². The molecule has 5 heteroatoms. The summed E-state index contributed by atoms with van der Waals surface area (Å²) >= 11 is 0. The van der Waals surface area contributed by atoms with Gasteiger partial charge in [-0.15, -0.1) is 0 Å². The first-order valence-electron chi connectivity index (χ1n) is 6.06. The van der Waals surface area contributed by atoms with Crippen molar-refractivity contribution in [3.05, 3.63) is 0 Å². The van der Waals surface area contributed by atoms with Crippen LogP contribution in [0.3, 0.4) is 0 Å². The Morgan fingerprint density at radius 2 is 1.72 bits per heavy atom. The van der Waals surface area contributed by atoms with Crippen LogP contribution in [0.5, 0.6) is 0 Å². The highest BCUT2D eigenvalue weighted by molar-refractivity contribution is 5.98. The summed E-state index contributed by atoms with van der Waals surface area (Å²) in [5, 5.41) is 0. The zero-order chi connectivity index (χ0) is 14.3. The molecule has 0 radical (unpaired) electrons. The van der Waals surface area contributed by atoms with Gasteiger partial charge < -0.3 is 9.47 Å². The number of Topliss-reactive ketones (excluding diaryl/α,β-unsaturated/α-hetero) is 1. The number of ketones is 1. The fourth-order valence-electron chi connectivity index (χ4n) is 1.36. The van der Waals surface area contributed by atoms with Crippen molar-refractivity contribution in [1.82, 2.24) is 0 Å². The molecule has 0 heterocycles. The molecule has 5 nitrogen and oxygen atoms in total. The molecule has 0 saturated carbocycles. The minimum Gasteiger partial charge on any atom is -0.466 e. The highest BCUT2D eigenvalue weighted by Gasteiger charge is 2.29. The quantitative estimate of drug-likeness (QED) is 0.537. The van der Waals surface area contributed by atoms with Gasteiger partial charge in [0.1, 0.15) is 17.3 Å². The summed E-state index contributed by atoms with van der Waals surface area (Å²) in [4.78, 5) is 34.4. The minimum absolute atomic E-state index is 0.0390. The lowest BCUT2D eigenvalue weighted by atomic mass is 9.99. The first kappa shape index (κ1) is 16.6. The predicted molar refractivity (Wildman–Crippen MR) is 65.9 cm³/mol. The third kappa shape index (κ3) is 7.04. The molecule has 0 rings (SSSR count). The molecular formula is C13H22O5. The van der Waals surface area contributed by atoms with E-state index in [0.717, 1.165) is 0 Å². The number of carbonyl (C=O) groups excluding carboxylic acids is 3. The lowest BCUT2D eigenvalue weighted by Gasteiger charge is -2.22. The SMILES string of the molecule is CCOC(=O)CCC(C(C)=O)C(=O)OC(C)(C)C. The third-order valence-electron chi connectivity index (χ3n) is 2.12. The van der Waals surface area contributed by atoms with E-state index in [2.05, 4.69) is 0 Å². The molecule has 1 unspecified atom stereocenters. The number of rotatable bonds is 6. The van der Waals surface area contributed by atoms with Crippen molar-refractivity contribution in [2.24, 2.45) is 5.92 Å². The molecule has 18 heavy (non-hydrogen) atoms. The minimum atomic E-state index is -0.895. The largest absolute Gasteiger partial charge is 0.466 e. The summed E-state index contributed by atoms with van der Waals surface area (Å²) in [5.41, 5.74) is -0.644. The van der Waals surface area contributed by atoms with Crippen molar-refractivity contribution < 1.29 is 23.9 Å². The van der Waals surface area contributed by atoms with Crippen LogP contribution in [0.25, 0.3) is 0 Å². The summed E-state index contributed by atoms with van der Waals surface area (Å²) in [6.07, 6.45) is 0.167. The van der Waals surface area contributed by atoms with Crippen molar-refractivity contribution in [3.8, 4) is 0 Å². The Bertz CT molecular complexity index is 314. The second-order valence-electron chi connectivity index (χ2n) is 5.04. The van der Waals surface area contributed by atoms with Gasteiger partial charge in [0.15, 0.2) is 0 Å². The number of ether oxygens (including phenoxy) is 2. The highest BCUT2D eigenvalue weighted by Crippen LogP contribution is 2.16. The molecule has 0 aromatic carbocycles. The maximum absolute atomic E-state index is 11.8. The van der Waals surface area contributed by atoms with Crippen LogP contribution in [0.15, 0.2) is 0 Å². The maximum atomic E-state index is 11.8. The van der Waals surface area contributed by atoms with Crippen LogP contribution >= 0.6 is 0 Å². The van der Waals surface area contributed by atoms with Crippen LogP contribution in [0, 0.1) is 5.92 Å². The third-order valence-corrected chi connectivity index (χ3v) is 2.12. The van der Waals surface area contributed by atoms with E-state index in [0.29, 0.717) is 0 Å². The van der Waals surface area contributed by atoms with Gasteiger partial charge in [0.25, 0.3) is 0 Å². The number of carbonyl (C=O) groups is 3. The summed E-state index contributed by atoms with van der Waals surface area (Å²) in [6.45, 7) is 8.50. The average Bonchev–Trinajstić information content (AvgIpc) is 2.14. The van der Waals surface area contributed by atoms with Gasteiger partial charge in [-0.25, -0.2) is 0 Å². The molecule has 0 aliphatic carbocycles. The van der Waals surface area contributed by atoms with Gasteiger partial charge in [-0.3, -0.25) is 14.4 Å². The summed E-state index contributed by atoms with van der Waals surface area (Å²) in [6, 6.07) is 0. The van der Waals surface area contributed by atoms with Crippen LogP contribution in [0.1, 0.15) is 47.5 Å². The second kappa shape index (κ2) is 7.13. The molecule has 0 N–H and O–H groups in total. The fourth-order valence-corrected chi connectivity index (χ4v) is 1.36. The molecule has 0 aliphatic heterocycles. The van der Waals surface area contributed by atoms with Crippen LogP contribution < -0.4 is 0 Å². The number of hydrogen-bond acceptors (Lipinski definition) is 5. The van der Waals surface area contributed by atoms with Crippen molar-refractivity contribution in [3.63, 3.8) is 0 Å². The Balaban J connectivity index is 4.44. The molecule has 0 aliphatic rings. The first-order chi connectivity index (χ1) is 8.17. The zero-order valence-corrected chi connectivity index (χ0v) is 11.7. The van der Waals surface area contributed by atoms with Gasteiger partial charge in [0.2, 0.25) is 0 Å². The normalized spacial score (nSPS) is 12.7. The smallest absolute Gasteiger partial charge is 0.316 e. The highest BCUT2D eigenvalue weighted by atomic mass is 16.6. The summed E-state index contributed by atoms with van der Waals surface area (Å²) in [7, 11) is 0. The summed E-state index contributed by atoms with van der Waals surface area (Å²) < 4.78 is 9.89. The first-order valence-corrected chi connectivity index (χ1v) is 6.06. The lowest BCUT2D eigenvalue weighted by Crippen LogP contribution is -2.32. The lowest BCUT2D eigenvalue weighted by molar-refractivity contribution is -0.162. The second-order valence-corrected chi connectivity index (χ2v) is 5.04. The van der Waals surface area contributed by atoms with E-state index >= 15 is 0 Å². The monoisotopic (exact) mass is 258 g/mol. The van der Waals surface area contributed by atoms with E-state index in [1.807, 2.05) is 0 Å². The predicted octanol–water partition coefficient (Wildman–Crippen LogP) is 1.88. The Kier molecular flexibility index (Phi) is 6.58. The van der Waals surface area contributed by atoms with Gasteiger partial charge in [-0.1, -0.05) is 0 Å². The van der Waals surface area contributed by atoms with Crippen molar-refractivity contribution in [2.45, 2.75) is 53.1 Å². The van der Waals surface area contributed by atoms with Crippen LogP contribution in [-0.4, -0.2) is 29.9 Å². The topological polar surface area (TPSA) is 69.7 Å². The van der Waals surface area contributed by atoms with E-state index in [-0.39, 0.29) is 25.2 Å². The molecule has 0 fully saturated rings. The van der Waals surface area contributed by atoms with Crippen LogP contribution in [0.2, 0.25) is 0 Å². The van der Waals surface area contributed by atoms with Gasteiger partial charge >= 0.3 is 11.9 Å². The zero-order valence-electron chi connectivity index (χ0n) is 11.7. The molecule has 0 aromatic rings. The molecule has 0 aromatic heterocycles. The van der Waals surface area contributed by atoms with E-state index in [4.69, 9.17) is 9.47 Å². The Labute approximate surface area is 108 Å². The molecule has 0 bridgehead atoms. The van der Waals surface area contributed by atoms with Gasteiger partial charge in [0.05, 0.1) is 6.61 Å². The van der Waals surface area contributed by atoms with Crippen LogP contribution in [-0.2, 0) is 23.9 Å². The number of hydrogen-bond donors (Lipinski definition) is 0. The van der Waals surface area contributed by atoms with E-state index in [9.17, 15) is 14.4 Å². The van der Waals surface area contributed by atoms with Crippen molar-refractivity contribution in [2.75, 3.05) is 6.61 Å². The molecule has 1 atom stereocenters. The summed E-state index contributed by atoms with van der Waals surface area (Å²) in [5.74, 6) is -2.19. The maximum Gasteiger partial charge on any atom is 0.316 e. The van der Waals surface area contributed by atoms with Crippen molar-refractivity contribution >= 4 is 17.7 Å². The van der Waals surface area contributed by atoms with E-state index < -0.39 is 23.5 Å². The Morgan fingerprint density at radius 3 is 2.11 bits per heavy atom. The fraction of sp³-hybridized carbons (Fsp3) is 0.769. The Morgan fingerprint density at radius 1 is 1.17 bits per heavy atom. The van der Waals surface area contributed by atoms with Gasteiger partial charge in [0, 0.05) is 6.42 Å². The Hall–Kier alpha value is -1.39. The molecule has 0 saturated heterocycles. The van der Waals surface area contributed by atoms with Crippen LogP contribution in [0.4, 0.5) is 0 Å². The number of esters is 2.